The van der Waals surface area contributed by atoms with Gasteiger partial charge >= 0.3 is 5.22 Å². The zero-order valence-electron chi connectivity index (χ0n) is 15.8. The minimum atomic E-state index is -3.82. The predicted molar refractivity (Wildman–Crippen MR) is 103 cm³/mol. The summed E-state index contributed by atoms with van der Waals surface area (Å²) in [5.74, 6) is -0.809. The van der Waals surface area contributed by atoms with Crippen LogP contribution in [0.4, 0.5) is 4.39 Å². The Bertz CT molecular complexity index is 1090. The van der Waals surface area contributed by atoms with E-state index in [1.807, 2.05) is 19.1 Å². The summed E-state index contributed by atoms with van der Waals surface area (Å²) < 4.78 is 42.9. The van der Waals surface area contributed by atoms with Crippen LogP contribution in [0, 0.1) is 12.7 Å². The van der Waals surface area contributed by atoms with Crippen LogP contribution < -0.4 is 5.32 Å². The quantitative estimate of drug-likeness (QED) is 0.566. The molecule has 3 aromatic rings. The van der Waals surface area contributed by atoms with Gasteiger partial charge in [-0.3, -0.25) is 4.79 Å². The first-order valence-corrected chi connectivity index (χ1v) is 10.6. The van der Waals surface area contributed by atoms with Gasteiger partial charge in [0.15, 0.2) is 0 Å². The Hall–Kier alpha value is -3.07. The van der Waals surface area contributed by atoms with Gasteiger partial charge in [-0.15, -0.1) is 5.10 Å². The monoisotopic (exact) mass is 417 g/mol. The van der Waals surface area contributed by atoms with E-state index < -0.39 is 20.9 Å². The molecule has 9 heteroatoms. The summed E-state index contributed by atoms with van der Waals surface area (Å²) in [6, 6.07) is 12.4. The Morgan fingerprint density at radius 3 is 2.62 bits per heavy atom. The number of nitrogens with zero attached hydrogens (tertiary/aromatic N) is 2. The van der Waals surface area contributed by atoms with Gasteiger partial charge in [-0.1, -0.05) is 34.9 Å². The van der Waals surface area contributed by atoms with E-state index in [-0.39, 0.29) is 17.6 Å². The number of hydrogen-bond donors (Lipinski definition) is 1. The molecule has 0 saturated carbocycles. The van der Waals surface area contributed by atoms with Crippen molar-refractivity contribution in [2.45, 2.75) is 30.7 Å². The molecule has 0 aliphatic carbocycles. The normalized spacial score (nSPS) is 11.4. The Morgan fingerprint density at radius 2 is 1.90 bits per heavy atom. The average molecular weight is 417 g/mol. The third-order valence-electron chi connectivity index (χ3n) is 4.12. The molecule has 1 N–H and O–H groups in total. The highest BCUT2D eigenvalue weighted by molar-refractivity contribution is 7.90. The lowest BCUT2D eigenvalue weighted by Gasteiger charge is -2.04. The molecule has 1 heterocycles. The minimum Gasteiger partial charge on any atom is -0.413 e. The van der Waals surface area contributed by atoms with Gasteiger partial charge in [-0.2, -0.15) is 0 Å². The van der Waals surface area contributed by atoms with Gasteiger partial charge in [0.05, 0.1) is 5.75 Å². The highest BCUT2D eigenvalue weighted by Crippen LogP contribution is 2.16. The highest BCUT2D eigenvalue weighted by atomic mass is 32.2. The van der Waals surface area contributed by atoms with Crippen molar-refractivity contribution >= 4 is 15.7 Å². The zero-order valence-corrected chi connectivity index (χ0v) is 16.6. The van der Waals surface area contributed by atoms with Crippen LogP contribution in [0.3, 0.4) is 0 Å². The summed E-state index contributed by atoms with van der Waals surface area (Å²) in [6.07, 6.45) is 0.838. The number of sulfone groups is 1. The number of rotatable bonds is 8. The topological polar surface area (TPSA) is 102 Å². The van der Waals surface area contributed by atoms with Gasteiger partial charge in [-0.05, 0) is 43.2 Å². The molecule has 0 aliphatic heterocycles. The van der Waals surface area contributed by atoms with Gasteiger partial charge in [-0.25, -0.2) is 12.8 Å². The number of aromatic nitrogens is 2. The lowest BCUT2D eigenvalue weighted by atomic mass is 10.1. The third kappa shape index (κ3) is 5.71. The van der Waals surface area contributed by atoms with Crippen molar-refractivity contribution in [2.24, 2.45) is 0 Å². The Balaban J connectivity index is 1.51. The molecule has 1 amide bonds. The standard InChI is InChI=1S/C20H20FN3O4S/c1-14-4-2-5-16(12-14)19(25)22-11-3-6-18-23-24-20(28-18)29(26,27)13-15-7-9-17(21)10-8-15/h2,4-5,7-10,12H,3,6,11,13H2,1H3,(H,22,25). The van der Waals surface area contributed by atoms with E-state index in [2.05, 4.69) is 15.5 Å². The third-order valence-corrected chi connectivity index (χ3v) is 5.53. The van der Waals surface area contributed by atoms with E-state index in [4.69, 9.17) is 4.42 Å². The fourth-order valence-electron chi connectivity index (χ4n) is 2.66. The first kappa shape index (κ1) is 20.7. The largest absolute Gasteiger partial charge is 0.413 e. The van der Waals surface area contributed by atoms with Crippen LogP contribution in [0.25, 0.3) is 0 Å². The van der Waals surface area contributed by atoms with Crippen LogP contribution >= 0.6 is 0 Å². The second-order valence-corrected chi connectivity index (χ2v) is 8.44. The zero-order chi connectivity index (χ0) is 20.9. The second kappa shape index (κ2) is 8.95. The molecule has 0 saturated heterocycles. The molecule has 0 atom stereocenters. The molecule has 0 unspecified atom stereocenters. The van der Waals surface area contributed by atoms with Crippen molar-refractivity contribution in [1.29, 1.82) is 0 Å². The number of aryl methyl sites for hydroxylation is 2. The predicted octanol–water partition coefficient (Wildman–Crippen LogP) is 2.85. The van der Waals surface area contributed by atoms with E-state index in [9.17, 15) is 17.6 Å². The number of amides is 1. The van der Waals surface area contributed by atoms with Crippen molar-refractivity contribution in [3.8, 4) is 0 Å². The maximum Gasteiger partial charge on any atom is 0.335 e. The smallest absolute Gasteiger partial charge is 0.335 e. The Labute approximate surface area is 167 Å². The average Bonchev–Trinajstić information content (AvgIpc) is 3.17. The van der Waals surface area contributed by atoms with Gasteiger partial charge in [0.1, 0.15) is 5.82 Å². The van der Waals surface area contributed by atoms with Gasteiger partial charge < -0.3 is 9.73 Å². The molecular formula is C20H20FN3O4S. The summed E-state index contributed by atoms with van der Waals surface area (Å²) in [5, 5.41) is 9.68. The van der Waals surface area contributed by atoms with Crippen molar-refractivity contribution in [2.75, 3.05) is 6.54 Å². The van der Waals surface area contributed by atoms with E-state index in [0.717, 1.165) is 5.56 Å². The lowest BCUT2D eigenvalue weighted by molar-refractivity contribution is 0.0953. The van der Waals surface area contributed by atoms with Crippen molar-refractivity contribution in [3.05, 3.63) is 76.9 Å². The van der Waals surface area contributed by atoms with Crippen LogP contribution in [-0.4, -0.2) is 31.1 Å². The van der Waals surface area contributed by atoms with Crippen molar-refractivity contribution in [1.82, 2.24) is 15.5 Å². The SMILES string of the molecule is Cc1cccc(C(=O)NCCCc2nnc(S(=O)(=O)Cc3ccc(F)cc3)o2)c1. The minimum absolute atomic E-state index is 0.174. The van der Waals surface area contributed by atoms with Gasteiger partial charge in [0.25, 0.3) is 5.91 Å². The number of carbonyl (C=O) groups is 1. The molecule has 152 valence electrons. The summed E-state index contributed by atoms with van der Waals surface area (Å²) in [7, 11) is -3.82. The van der Waals surface area contributed by atoms with E-state index in [1.54, 1.807) is 12.1 Å². The van der Waals surface area contributed by atoms with E-state index in [0.29, 0.717) is 30.5 Å². The molecule has 7 nitrogen and oxygen atoms in total. The first-order valence-electron chi connectivity index (χ1n) is 8.98. The van der Waals surface area contributed by atoms with Crippen molar-refractivity contribution in [3.63, 3.8) is 0 Å². The summed E-state index contributed by atoms with van der Waals surface area (Å²) in [4.78, 5) is 12.1. The molecule has 0 aliphatic rings. The lowest BCUT2D eigenvalue weighted by Crippen LogP contribution is -2.24. The number of halogens is 1. The maximum atomic E-state index is 12.9. The molecule has 3 rings (SSSR count). The molecule has 0 fully saturated rings. The fraction of sp³-hybridized carbons (Fsp3) is 0.250. The van der Waals surface area contributed by atoms with E-state index >= 15 is 0 Å². The molecule has 0 radical (unpaired) electrons. The van der Waals surface area contributed by atoms with Crippen LogP contribution in [0.5, 0.6) is 0 Å². The fourth-order valence-corrected chi connectivity index (χ4v) is 3.80. The molecule has 0 bridgehead atoms. The van der Waals surface area contributed by atoms with Crippen LogP contribution in [-0.2, 0) is 22.0 Å². The molecule has 1 aromatic heterocycles. The van der Waals surface area contributed by atoms with Crippen LogP contribution in [0.15, 0.2) is 58.2 Å². The maximum absolute atomic E-state index is 12.9. The number of nitrogens with one attached hydrogen (secondary N) is 1. The summed E-state index contributed by atoms with van der Waals surface area (Å²) in [5.41, 5.74) is 2.00. The first-order chi connectivity index (χ1) is 13.8. The van der Waals surface area contributed by atoms with E-state index in [1.165, 1.54) is 24.3 Å². The van der Waals surface area contributed by atoms with Gasteiger partial charge in [0.2, 0.25) is 15.7 Å². The second-order valence-electron chi connectivity index (χ2n) is 6.58. The number of hydrogen-bond acceptors (Lipinski definition) is 6. The Morgan fingerprint density at radius 1 is 1.14 bits per heavy atom. The summed E-state index contributed by atoms with van der Waals surface area (Å²) >= 11 is 0. The molecule has 0 spiro atoms. The molecule has 29 heavy (non-hydrogen) atoms. The summed E-state index contributed by atoms with van der Waals surface area (Å²) in [6.45, 7) is 2.29. The molecular weight excluding hydrogens is 397 g/mol. The van der Waals surface area contributed by atoms with Crippen molar-refractivity contribution < 1.29 is 22.0 Å². The van der Waals surface area contributed by atoms with Crippen LogP contribution in [0.2, 0.25) is 0 Å². The Kier molecular flexibility index (Phi) is 6.38. The number of carbonyl (C=O) groups excluding carboxylic acids is 1. The van der Waals surface area contributed by atoms with Gasteiger partial charge in [0, 0.05) is 18.5 Å². The molecule has 2 aromatic carbocycles. The number of benzene rings is 2. The highest BCUT2D eigenvalue weighted by Gasteiger charge is 2.23. The van der Waals surface area contributed by atoms with Crippen LogP contribution in [0.1, 0.15) is 33.8 Å².